The molecule has 3 nitrogen and oxygen atoms in total. The topological polar surface area (TPSA) is 46.3 Å². The van der Waals surface area contributed by atoms with Crippen LogP contribution in [0.15, 0.2) is 0 Å². The van der Waals surface area contributed by atoms with Gasteiger partial charge in [0.1, 0.15) is 0 Å². The van der Waals surface area contributed by atoms with Crippen molar-refractivity contribution >= 4 is 5.91 Å². The summed E-state index contributed by atoms with van der Waals surface area (Å²) >= 11 is 0. The van der Waals surface area contributed by atoms with E-state index in [2.05, 4.69) is 0 Å². The second-order valence-corrected chi connectivity index (χ2v) is 4.71. The van der Waals surface area contributed by atoms with Crippen molar-refractivity contribution < 1.29 is 13.6 Å². The Kier molecular flexibility index (Phi) is 6.40. The van der Waals surface area contributed by atoms with Gasteiger partial charge >= 0.3 is 0 Å². The third-order valence-electron chi connectivity index (χ3n) is 3.35. The third kappa shape index (κ3) is 5.44. The summed E-state index contributed by atoms with van der Waals surface area (Å²) in [5, 5.41) is 0. The van der Waals surface area contributed by atoms with Crippen molar-refractivity contribution in [2.45, 2.75) is 45.0 Å². The van der Waals surface area contributed by atoms with Crippen LogP contribution in [-0.4, -0.2) is 36.9 Å². The molecule has 0 radical (unpaired) electrons. The van der Waals surface area contributed by atoms with Crippen molar-refractivity contribution in [3.05, 3.63) is 0 Å². The van der Waals surface area contributed by atoms with Crippen molar-refractivity contribution in [1.29, 1.82) is 0 Å². The smallest absolute Gasteiger partial charge is 0.255 e. The van der Waals surface area contributed by atoms with E-state index in [9.17, 15) is 13.6 Å². The molecule has 0 heterocycles. The normalized spacial score (nSPS) is 16.7. The lowest BCUT2D eigenvalue weighted by molar-refractivity contribution is -0.133. The molecule has 1 saturated carbocycles. The maximum atomic E-state index is 12.3. The Labute approximate surface area is 101 Å². The predicted molar refractivity (Wildman–Crippen MR) is 62.8 cm³/mol. The molecule has 1 rings (SSSR count). The van der Waals surface area contributed by atoms with Crippen LogP contribution in [0.1, 0.15) is 38.5 Å². The second kappa shape index (κ2) is 7.58. The van der Waals surface area contributed by atoms with Gasteiger partial charge in [-0.05, 0) is 12.3 Å². The van der Waals surface area contributed by atoms with Crippen LogP contribution in [0.2, 0.25) is 0 Å². The number of rotatable bonds is 7. The van der Waals surface area contributed by atoms with Crippen LogP contribution in [0.5, 0.6) is 0 Å². The minimum Gasteiger partial charge on any atom is -0.336 e. The van der Waals surface area contributed by atoms with Crippen LogP contribution in [0.4, 0.5) is 8.78 Å². The first-order valence-electron chi connectivity index (χ1n) is 6.39. The molecule has 0 aromatic rings. The lowest BCUT2D eigenvalue weighted by Crippen LogP contribution is -2.38. The fourth-order valence-corrected chi connectivity index (χ4v) is 2.42. The summed E-state index contributed by atoms with van der Waals surface area (Å²) in [4.78, 5) is 13.0. The summed E-state index contributed by atoms with van der Waals surface area (Å²) in [6.45, 7) is -0.0174. The van der Waals surface area contributed by atoms with Gasteiger partial charge in [0.15, 0.2) is 0 Å². The Balaban J connectivity index is 2.30. The van der Waals surface area contributed by atoms with Gasteiger partial charge in [-0.15, -0.1) is 0 Å². The lowest BCUT2D eigenvalue weighted by Gasteiger charge is -2.22. The van der Waals surface area contributed by atoms with E-state index in [-0.39, 0.29) is 19.0 Å². The molecule has 0 bridgehead atoms. The van der Waals surface area contributed by atoms with Crippen molar-refractivity contribution in [3.8, 4) is 0 Å². The minimum absolute atomic E-state index is 0.178. The number of carbonyl (C=O) groups is 1. The highest BCUT2D eigenvalue weighted by atomic mass is 19.3. The quantitative estimate of drug-likeness (QED) is 0.749. The van der Waals surface area contributed by atoms with Gasteiger partial charge in [-0.3, -0.25) is 4.79 Å². The number of amides is 1. The number of carbonyl (C=O) groups excluding carboxylic acids is 1. The maximum Gasteiger partial charge on any atom is 0.255 e. The zero-order valence-corrected chi connectivity index (χ0v) is 10.2. The van der Waals surface area contributed by atoms with E-state index >= 15 is 0 Å². The van der Waals surface area contributed by atoms with Gasteiger partial charge in [-0.2, -0.15) is 0 Å². The average molecular weight is 248 g/mol. The Hall–Kier alpha value is -0.710. The van der Waals surface area contributed by atoms with Crippen LogP contribution in [-0.2, 0) is 4.79 Å². The molecule has 1 aliphatic carbocycles. The average Bonchev–Trinajstić information content (AvgIpc) is 2.77. The fourth-order valence-electron chi connectivity index (χ4n) is 2.42. The Bertz CT molecular complexity index is 231. The van der Waals surface area contributed by atoms with Crippen molar-refractivity contribution in [2.75, 3.05) is 19.6 Å². The number of hydrogen-bond acceptors (Lipinski definition) is 2. The first-order chi connectivity index (χ1) is 8.13. The van der Waals surface area contributed by atoms with E-state index in [4.69, 9.17) is 5.73 Å². The first-order valence-corrected chi connectivity index (χ1v) is 6.39. The third-order valence-corrected chi connectivity index (χ3v) is 3.35. The number of nitrogens with zero attached hydrogens (tertiary/aromatic N) is 1. The standard InChI is InChI=1S/C12H22F2N2O/c13-11(14)9-16(8-7-15)12(17)6-5-10-3-1-2-4-10/h10-11H,1-9,15H2. The summed E-state index contributed by atoms with van der Waals surface area (Å²) < 4.78 is 24.6. The van der Waals surface area contributed by atoms with Gasteiger partial charge in [-0.25, -0.2) is 8.78 Å². The van der Waals surface area contributed by atoms with E-state index in [1.165, 1.54) is 30.6 Å². The van der Waals surface area contributed by atoms with Crippen molar-refractivity contribution in [3.63, 3.8) is 0 Å². The molecular weight excluding hydrogens is 226 g/mol. The van der Waals surface area contributed by atoms with E-state index in [1.807, 2.05) is 0 Å². The van der Waals surface area contributed by atoms with Gasteiger partial charge in [0.25, 0.3) is 6.43 Å². The van der Waals surface area contributed by atoms with Crippen molar-refractivity contribution in [1.82, 2.24) is 4.90 Å². The van der Waals surface area contributed by atoms with Gasteiger partial charge in [0.2, 0.25) is 5.91 Å². The van der Waals surface area contributed by atoms with Crippen LogP contribution in [0, 0.1) is 5.92 Å². The van der Waals surface area contributed by atoms with Crippen LogP contribution >= 0.6 is 0 Å². The molecule has 100 valence electrons. The highest BCUT2D eigenvalue weighted by molar-refractivity contribution is 5.76. The van der Waals surface area contributed by atoms with Gasteiger partial charge in [-0.1, -0.05) is 25.7 Å². The molecule has 5 heteroatoms. The van der Waals surface area contributed by atoms with E-state index in [1.54, 1.807) is 0 Å². The van der Waals surface area contributed by atoms with Gasteiger partial charge in [0.05, 0.1) is 6.54 Å². The Morgan fingerprint density at radius 1 is 1.35 bits per heavy atom. The molecule has 2 N–H and O–H groups in total. The van der Waals surface area contributed by atoms with E-state index < -0.39 is 13.0 Å². The maximum absolute atomic E-state index is 12.3. The fraction of sp³-hybridized carbons (Fsp3) is 0.917. The molecule has 0 aliphatic heterocycles. The Morgan fingerprint density at radius 3 is 2.53 bits per heavy atom. The molecule has 17 heavy (non-hydrogen) atoms. The van der Waals surface area contributed by atoms with E-state index in [0.29, 0.717) is 12.3 Å². The zero-order valence-electron chi connectivity index (χ0n) is 10.2. The number of alkyl halides is 2. The zero-order chi connectivity index (χ0) is 12.7. The summed E-state index contributed by atoms with van der Waals surface area (Å²) in [5.74, 6) is 0.438. The van der Waals surface area contributed by atoms with Crippen LogP contribution < -0.4 is 5.73 Å². The molecule has 1 aliphatic rings. The monoisotopic (exact) mass is 248 g/mol. The SMILES string of the molecule is NCCN(CC(F)F)C(=O)CCC1CCCC1. The lowest BCUT2D eigenvalue weighted by atomic mass is 10.0. The highest BCUT2D eigenvalue weighted by Gasteiger charge is 2.20. The number of hydrogen-bond donors (Lipinski definition) is 1. The first kappa shape index (κ1) is 14.4. The molecule has 0 saturated heterocycles. The largest absolute Gasteiger partial charge is 0.336 e. The summed E-state index contributed by atoms with van der Waals surface area (Å²) in [6, 6.07) is 0. The second-order valence-electron chi connectivity index (χ2n) is 4.71. The van der Waals surface area contributed by atoms with Crippen molar-refractivity contribution in [2.24, 2.45) is 11.7 Å². The minimum atomic E-state index is -2.48. The molecule has 0 aromatic heterocycles. The Morgan fingerprint density at radius 2 is 2.00 bits per heavy atom. The molecular formula is C12H22F2N2O. The van der Waals surface area contributed by atoms with E-state index in [0.717, 1.165) is 6.42 Å². The molecule has 0 atom stereocenters. The molecule has 0 aromatic carbocycles. The summed E-state index contributed by atoms with van der Waals surface area (Å²) in [5.41, 5.74) is 5.32. The predicted octanol–water partition coefficient (Wildman–Crippen LogP) is 2.01. The molecule has 0 spiro atoms. The van der Waals surface area contributed by atoms with Crippen LogP contribution in [0.25, 0.3) is 0 Å². The molecule has 0 unspecified atom stereocenters. The molecule has 1 fully saturated rings. The van der Waals surface area contributed by atoms with Gasteiger partial charge in [0, 0.05) is 19.5 Å². The molecule has 1 amide bonds. The van der Waals surface area contributed by atoms with Gasteiger partial charge < -0.3 is 10.6 Å². The van der Waals surface area contributed by atoms with Crippen LogP contribution in [0.3, 0.4) is 0 Å². The summed E-state index contributed by atoms with van der Waals surface area (Å²) in [7, 11) is 0. The summed E-state index contributed by atoms with van der Waals surface area (Å²) in [6.07, 6.45) is 3.58. The highest BCUT2D eigenvalue weighted by Crippen LogP contribution is 2.28. The number of halogens is 2. The number of nitrogens with two attached hydrogens (primary N) is 1.